The standard InChI is InChI=1S/C12H7F3S4/c13-12(14,15)6-3-1-5(2-4-6)7-8(16)10(18)11(19)9(7)17/h1-4,10,17-18H. The lowest BCUT2D eigenvalue weighted by molar-refractivity contribution is -0.137. The summed E-state index contributed by atoms with van der Waals surface area (Å²) in [6.45, 7) is 0. The van der Waals surface area contributed by atoms with E-state index in [4.69, 9.17) is 24.4 Å². The van der Waals surface area contributed by atoms with E-state index in [9.17, 15) is 13.2 Å². The molecule has 0 nitrogen and oxygen atoms in total. The molecule has 0 aliphatic heterocycles. The maximum atomic E-state index is 12.5. The van der Waals surface area contributed by atoms with E-state index in [-0.39, 0.29) is 5.25 Å². The molecule has 0 radical (unpaired) electrons. The van der Waals surface area contributed by atoms with Crippen LogP contribution in [0.4, 0.5) is 13.2 Å². The predicted octanol–water partition coefficient (Wildman–Crippen LogP) is 4.40. The first kappa shape index (κ1) is 15.0. The topological polar surface area (TPSA) is 0 Å². The predicted molar refractivity (Wildman–Crippen MR) is 85.3 cm³/mol. The van der Waals surface area contributed by atoms with E-state index in [0.29, 0.717) is 25.8 Å². The minimum Gasteiger partial charge on any atom is -0.166 e. The van der Waals surface area contributed by atoms with Crippen LogP contribution in [-0.2, 0) is 6.18 Å². The molecule has 0 spiro atoms. The van der Waals surface area contributed by atoms with Gasteiger partial charge in [-0.1, -0.05) is 36.6 Å². The first-order chi connectivity index (χ1) is 8.73. The Morgan fingerprint density at radius 2 is 1.53 bits per heavy atom. The molecule has 100 valence electrons. The summed E-state index contributed by atoms with van der Waals surface area (Å²) < 4.78 is 37.5. The molecule has 0 saturated carbocycles. The molecular formula is C12H7F3S4. The van der Waals surface area contributed by atoms with Gasteiger partial charge in [-0.25, -0.2) is 0 Å². The number of hydrogen-bond acceptors (Lipinski definition) is 4. The Balaban J connectivity index is 2.44. The summed E-state index contributed by atoms with van der Waals surface area (Å²) in [4.78, 5) is 1.52. The molecule has 1 unspecified atom stereocenters. The Morgan fingerprint density at radius 1 is 1.00 bits per heavy atom. The average molecular weight is 336 g/mol. The number of benzene rings is 1. The number of allylic oxidation sites excluding steroid dienone is 2. The SMILES string of the molecule is FC(F)(F)c1ccc(C2=C(S)C(=S)C(S)C2=S)cc1. The lowest BCUT2D eigenvalue weighted by Crippen LogP contribution is -2.13. The molecule has 0 aromatic heterocycles. The molecule has 1 atom stereocenters. The molecule has 0 saturated heterocycles. The molecule has 0 bridgehead atoms. The van der Waals surface area contributed by atoms with Crippen LogP contribution in [0.1, 0.15) is 11.1 Å². The summed E-state index contributed by atoms with van der Waals surface area (Å²) in [5.74, 6) is 0. The van der Waals surface area contributed by atoms with Crippen LogP contribution in [0.15, 0.2) is 29.2 Å². The van der Waals surface area contributed by atoms with E-state index in [1.807, 2.05) is 0 Å². The maximum Gasteiger partial charge on any atom is 0.416 e. The van der Waals surface area contributed by atoms with Crippen LogP contribution < -0.4 is 0 Å². The fourth-order valence-electron chi connectivity index (χ4n) is 1.73. The Kier molecular flexibility index (Phi) is 4.11. The van der Waals surface area contributed by atoms with Crippen molar-refractivity contribution in [1.29, 1.82) is 0 Å². The van der Waals surface area contributed by atoms with Crippen molar-refractivity contribution in [3.8, 4) is 0 Å². The Labute approximate surface area is 129 Å². The second-order valence-corrected chi connectivity index (χ2v) is 5.77. The maximum absolute atomic E-state index is 12.5. The van der Waals surface area contributed by atoms with Crippen LogP contribution >= 0.6 is 49.7 Å². The number of alkyl halides is 3. The lowest BCUT2D eigenvalue weighted by atomic mass is 10.0. The van der Waals surface area contributed by atoms with Gasteiger partial charge in [-0.15, -0.1) is 12.6 Å². The molecule has 0 heterocycles. The summed E-state index contributed by atoms with van der Waals surface area (Å²) in [6, 6.07) is 4.77. The Bertz CT molecular complexity index is 584. The molecule has 0 N–H and O–H groups in total. The normalized spacial score (nSPS) is 20.4. The van der Waals surface area contributed by atoms with Gasteiger partial charge >= 0.3 is 6.18 Å². The van der Waals surface area contributed by atoms with Crippen molar-refractivity contribution < 1.29 is 13.2 Å². The van der Waals surface area contributed by atoms with Crippen LogP contribution in [0, 0.1) is 0 Å². The van der Waals surface area contributed by atoms with Gasteiger partial charge in [-0.05, 0) is 17.7 Å². The first-order valence-corrected chi connectivity index (χ1v) is 6.89. The zero-order chi connectivity index (χ0) is 14.4. The van der Waals surface area contributed by atoms with Crippen LogP contribution in [0.25, 0.3) is 5.57 Å². The van der Waals surface area contributed by atoms with Crippen LogP contribution in [-0.4, -0.2) is 15.0 Å². The van der Waals surface area contributed by atoms with Gasteiger partial charge < -0.3 is 0 Å². The van der Waals surface area contributed by atoms with Gasteiger partial charge in [0, 0.05) is 20.2 Å². The summed E-state index contributed by atoms with van der Waals surface area (Å²) in [7, 11) is 0. The molecule has 7 heteroatoms. The second-order valence-electron chi connectivity index (χ2n) is 3.93. The van der Waals surface area contributed by atoms with Crippen LogP contribution in [0.3, 0.4) is 0 Å². The lowest BCUT2D eigenvalue weighted by Gasteiger charge is -2.09. The first-order valence-electron chi connectivity index (χ1n) is 5.11. The van der Waals surface area contributed by atoms with Gasteiger partial charge in [-0.3, -0.25) is 0 Å². The van der Waals surface area contributed by atoms with Crippen molar-refractivity contribution in [1.82, 2.24) is 0 Å². The summed E-state index contributed by atoms with van der Waals surface area (Å²) in [6.07, 6.45) is -4.35. The van der Waals surface area contributed by atoms with E-state index in [0.717, 1.165) is 12.1 Å². The third-order valence-electron chi connectivity index (χ3n) is 2.71. The molecule has 0 amide bonds. The Morgan fingerprint density at radius 3 is 1.89 bits per heavy atom. The van der Waals surface area contributed by atoms with Gasteiger partial charge in [0.05, 0.1) is 10.8 Å². The zero-order valence-electron chi connectivity index (χ0n) is 9.23. The van der Waals surface area contributed by atoms with E-state index in [1.54, 1.807) is 0 Å². The number of rotatable bonds is 1. The largest absolute Gasteiger partial charge is 0.416 e. The molecule has 2 rings (SSSR count). The summed E-state index contributed by atoms with van der Waals surface area (Å²) in [5, 5.41) is -0.380. The van der Waals surface area contributed by atoms with Gasteiger partial charge in [0.2, 0.25) is 0 Å². The van der Waals surface area contributed by atoms with Crippen molar-refractivity contribution in [3.05, 3.63) is 40.3 Å². The van der Waals surface area contributed by atoms with Crippen molar-refractivity contribution in [2.45, 2.75) is 11.4 Å². The highest BCUT2D eigenvalue weighted by Gasteiger charge is 2.33. The van der Waals surface area contributed by atoms with Gasteiger partial charge in [0.15, 0.2) is 0 Å². The minimum atomic E-state index is -4.35. The van der Waals surface area contributed by atoms with Gasteiger partial charge in [0.25, 0.3) is 0 Å². The van der Waals surface area contributed by atoms with E-state index in [2.05, 4.69) is 25.3 Å². The smallest absolute Gasteiger partial charge is 0.166 e. The number of halogens is 3. The minimum absolute atomic E-state index is 0.380. The third kappa shape index (κ3) is 2.74. The highest BCUT2D eigenvalue weighted by Crippen LogP contribution is 2.36. The average Bonchev–Trinajstić information content (AvgIpc) is 2.53. The van der Waals surface area contributed by atoms with Crippen molar-refractivity contribution >= 4 is 65.0 Å². The summed E-state index contributed by atoms with van der Waals surface area (Å²) in [5.41, 5.74) is 0.463. The Hall–Kier alpha value is -0.370. The fraction of sp³-hybridized carbons (Fsp3) is 0.167. The highest BCUT2D eigenvalue weighted by molar-refractivity contribution is 7.95. The zero-order valence-corrected chi connectivity index (χ0v) is 12.7. The van der Waals surface area contributed by atoms with Crippen LogP contribution in [0.5, 0.6) is 0 Å². The van der Waals surface area contributed by atoms with Crippen molar-refractivity contribution in [3.63, 3.8) is 0 Å². The van der Waals surface area contributed by atoms with E-state index in [1.165, 1.54) is 12.1 Å². The molecule has 1 aliphatic rings. The number of thiocarbonyl (C=S) groups is 2. The highest BCUT2D eigenvalue weighted by atomic mass is 32.1. The molecule has 1 aliphatic carbocycles. The van der Waals surface area contributed by atoms with Crippen molar-refractivity contribution in [2.75, 3.05) is 0 Å². The summed E-state index contributed by atoms with van der Waals surface area (Å²) >= 11 is 18.9. The second kappa shape index (κ2) is 5.20. The molecule has 1 aromatic rings. The fourth-order valence-corrected chi connectivity index (χ4v) is 3.18. The molecule has 1 aromatic carbocycles. The van der Waals surface area contributed by atoms with E-state index < -0.39 is 11.7 Å². The van der Waals surface area contributed by atoms with Gasteiger partial charge in [-0.2, -0.15) is 25.8 Å². The van der Waals surface area contributed by atoms with E-state index >= 15 is 0 Å². The molecule has 0 fully saturated rings. The van der Waals surface area contributed by atoms with Crippen LogP contribution in [0.2, 0.25) is 0 Å². The quantitative estimate of drug-likeness (QED) is 0.576. The number of thiol groups is 2. The van der Waals surface area contributed by atoms with Crippen molar-refractivity contribution in [2.24, 2.45) is 0 Å². The monoisotopic (exact) mass is 336 g/mol. The third-order valence-corrected chi connectivity index (χ3v) is 5.08. The van der Waals surface area contributed by atoms with Gasteiger partial charge in [0.1, 0.15) is 0 Å². The molecule has 19 heavy (non-hydrogen) atoms. The number of hydrogen-bond donors (Lipinski definition) is 2. The molecular weight excluding hydrogens is 329 g/mol.